The summed E-state index contributed by atoms with van der Waals surface area (Å²) in [7, 11) is -9.94. The molecule has 0 heterocycles. The van der Waals surface area contributed by atoms with Gasteiger partial charge in [0.1, 0.15) is 19.3 Å². The summed E-state index contributed by atoms with van der Waals surface area (Å²) in [6.07, 6.45) is 75.0. The van der Waals surface area contributed by atoms with Gasteiger partial charge in [-0.25, -0.2) is 9.13 Å². The van der Waals surface area contributed by atoms with Crippen molar-refractivity contribution in [1.82, 2.24) is 0 Å². The van der Waals surface area contributed by atoms with E-state index in [-0.39, 0.29) is 25.7 Å². The molecule has 109 heavy (non-hydrogen) atoms. The van der Waals surface area contributed by atoms with E-state index < -0.39 is 97.5 Å². The molecule has 17 nitrogen and oxygen atoms in total. The van der Waals surface area contributed by atoms with E-state index in [9.17, 15) is 43.2 Å². The van der Waals surface area contributed by atoms with Gasteiger partial charge in [-0.15, -0.1) is 0 Å². The monoisotopic (exact) mass is 1590 g/mol. The molecule has 0 radical (unpaired) electrons. The molecule has 0 aliphatic rings. The maximum absolute atomic E-state index is 13.2. The van der Waals surface area contributed by atoms with Crippen LogP contribution in [0.1, 0.15) is 485 Å². The summed E-state index contributed by atoms with van der Waals surface area (Å²) in [6.45, 7) is 9.73. The van der Waals surface area contributed by atoms with E-state index in [0.29, 0.717) is 25.7 Å². The predicted molar refractivity (Wildman–Crippen MR) is 451 cm³/mol. The van der Waals surface area contributed by atoms with Crippen LogP contribution in [0.3, 0.4) is 0 Å². The minimum atomic E-state index is -4.97. The minimum absolute atomic E-state index is 0.108. The van der Waals surface area contributed by atoms with Crippen molar-refractivity contribution < 1.29 is 80.2 Å². The Bertz CT molecular complexity index is 2080. The minimum Gasteiger partial charge on any atom is -0.462 e. The lowest BCUT2D eigenvalue weighted by atomic mass is 9.99. The lowest BCUT2D eigenvalue weighted by Gasteiger charge is -2.21. The van der Waals surface area contributed by atoms with E-state index in [1.165, 1.54) is 302 Å². The van der Waals surface area contributed by atoms with Crippen LogP contribution in [0.25, 0.3) is 0 Å². The first kappa shape index (κ1) is 107. The van der Waals surface area contributed by atoms with Gasteiger partial charge in [0, 0.05) is 25.7 Å². The molecule has 0 fully saturated rings. The smallest absolute Gasteiger partial charge is 0.462 e. The standard InChI is InChI=1S/C90H176O17P2/c1-7-10-12-14-16-18-20-22-24-26-27-28-29-31-37-41-45-49-57-63-69-74-89(94)106-85(78-100-87(92)72-66-60-54-47-43-39-35-33-32-34-38-42-46-52-58-64-70-82(4)5)80-104-108(96,97)102-76-84(91)77-103-109(98,99)105-81-86(79-101-88(93)73-67-61-55-51-50-53-59-65-71-83(6)9-3)107-90(95)75-68-62-56-48-44-40-36-30-25-23-21-19-17-15-13-11-8-2/h82-86,91H,7-81H2,1-6H3,(H,96,97)(H,98,99)/t83?,84-,85-,86-/m1/s1. The van der Waals surface area contributed by atoms with Crippen LogP contribution in [-0.4, -0.2) is 96.7 Å². The molecule has 0 amide bonds. The van der Waals surface area contributed by atoms with E-state index in [2.05, 4.69) is 41.5 Å². The quantitative estimate of drug-likeness (QED) is 0.0222. The molecule has 19 heteroatoms. The highest BCUT2D eigenvalue weighted by atomic mass is 31.2. The second kappa shape index (κ2) is 81.2. The van der Waals surface area contributed by atoms with Gasteiger partial charge in [-0.05, 0) is 37.5 Å². The van der Waals surface area contributed by atoms with Crippen molar-refractivity contribution >= 4 is 39.5 Å². The first-order valence-electron chi connectivity index (χ1n) is 46.5. The SMILES string of the molecule is CCCCCCCCCCCCCCCCCCCCCCCC(=O)O[C@H](COC(=O)CCCCCCCCCCCCCCCCCCC(C)C)COP(=O)(O)OC[C@@H](O)COP(=O)(O)OC[C@@H](COC(=O)CCCCCCCCCCC(C)CC)OC(=O)CCCCCCCCCCCCCCCCCCC. The maximum Gasteiger partial charge on any atom is 0.472 e. The number of aliphatic hydroxyl groups excluding tert-OH is 1. The highest BCUT2D eigenvalue weighted by molar-refractivity contribution is 7.47. The van der Waals surface area contributed by atoms with E-state index >= 15 is 0 Å². The molecule has 0 aliphatic carbocycles. The van der Waals surface area contributed by atoms with Crippen LogP contribution in [0.5, 0.6) is 0 Å². The van der Waals surface area contributed by atoms with Gasteiger partial charge < -0.3 is 33.8 Å². The van der Waals surface area contributed by atoms with E-state index in [1.54, 1.807) is 0 Å². The lowest BCUT2D eigenvalue weighted by Crippen LogP contribution is -2.30. The molecular formula is C90H176O17P2. The number of unbranched alkanes of at least 4 members (excludes halogenated alkanes) is 58. The zero-order chi connectivity index (χ0) is 79.9. The van der Waals surface area contributed by atoms with Gasteiger partial charge in [-0.3, -0.25) is 37.3 Å². The molecule has 0 aromatic heterocycles. The van der Waals surface area contributed by atoms with Crippen molar-refractivity contribution in [2.75, 3.05) is 39.6 Å². The normalized spacial score (nSPS) is 14.0. The number of carbonyl (C=O) groups is 4. The summed E-state index contributed by atoms with van der Waals surface area (Å²) in [5.74, 6) is -0.507. The fourth-order valence-corrected chi connectivity index (χ4v) is 15.7. The van der Waals surface area contributed by atoms with Crippen LogP contribution in [0.15, 0.2) is 0 Å². The van der Waals surface area contributed by atoms with Crippen molar-refractivity contribution in [3.8, 4) is 0 Å². The molecular weight excluding hydrogens is 1410 g/mol. The Morgan fingerprint density at radius 1 is 0.266 bits per heavy atom. The molecule has 0 bridgehead atoms. The fraction of sp³-hybridized carbons (Fsp3) is 0.956. The van der Waals surface area contributed by atoms with E-state index in [1.807, 2.05) is 0 Å². The van der Waals surface area contributed by atoms with Gasteiger partial charge in [0.25, 0.3) is 0 Å². The molecule has 0 rings (SSSR count). The summed E-state index contributed by atoms with van der Waals surface area (Å²) >= 11 is 0. The third-order valence-corrected chi connectivity index (χ3v) is 23.5. The summed E-state index contributed by atoms with van der Waals surface area (Å²) in [5.41, 5.74) is 0. The third-order valence-electron chi connectivity index (χ3n) is 21.6. The number of ether oxygens (including phenoxy) is 4. The number of rotatable bonds is 89. The fourth-order valence-electron chi connectivity index (χ4n) is 14.1. The number of hydrogen-bond donors (Lipinski definition) is 3. The largest absolute Gasteiger partial charge is 0.472 e. The molecule has 0 aliphatic heterocycles. The Morgan fingerprint density at radius 3 is 0.697 bits per heavy atom. The van der Waals surface area contributed by atoms with Crippen molar-refractivity contribution in [3.05, 3.63) is 0 Å². The number of aliphatic hydroxyl groups is 1. The second-order valence-corrected chi connectivity index (χ2v) is 36.0. The van der Waals surface area contributed by atoms with Crippen molar-refractivity contribution in [3.63, 3.8) is 0 Å². The lowest BCUT2D eigenvalue weighted by molar-refractivity contribution is -0.161. The third kappa shape index (κ3) is 82.4. The van der Waals surface area contributed by atoms with Crippen molar-refractivity contribution in [1.29, 1.82) is 0 Å². The maximum atomic E-state index is 13.2. The first-order valence-corrected chi connectivity index (χ1v) is 49.5. The molecule has 0 saturated heterocycles. The van der Waals surface area contributed by atoms with Crippen LogP contribution in [0.4, 0.5) is 0 Å². The number of phosphoric ester groups is 2. The number of hydrogen-bond acceptors (Lipinski definition) is 15. The molecule has 3 N–H and O–H groups in total. The Labute approximate surface area is 670 Å². The van der Waals surface area contributed by atoms with Crippen LogP contribution < -0.4 is 0 Å². The average molecular weight is 1590 g/mol. The van der Waals surface area contributed by atoms with Crippen LogP contribution >= 0.6 is 15.6 Å². The van der Waals surface area contributed by atoms with Crippen molar-refractivity contribution in [2.24, 2.45) is 11.8 Å². The van der Waals surface area contributed by atoms with Crippen LogP contribution in [0, 0.1) is 11.8 Å². The summed E-state index contributed by atoms with van der Waals surface area (Å²) in [6, 6.07) is 0. The Kier molecular flexibility index (Phi) is 79.8. The molecule has 0 aromatic rings. The van der Waals surface area contributed by atoms with Gasteiger partial charge in [-0.1, -0.05) is 433 Å². The van der Waals surface area contributed by atoms with Crippen LogP contribution in [0.2, 0.25) is 0 Å². The van der Waals surface area contributed by atoms with Gasteiger partial charge in [0.2, 0.25) is 0 Å². The topological polar surface area (TPSA) is 237 Å². The highest BCUT2D eigenvalue weighted by Gasteiger charge is 2.31. The van der Waals surface area contributed by atoms with Gasteiger partial charge in [0.15, 0.2) is 12.2 Å². The van der Waals surface area contributed by atoms with Gasteiger partial charge in [0.05, 0.1) is 26.4 Å². The number of phosphoric acid groups is 2. The van der Waals surface area contributed by atoms with Gasteiger partial charge >= 0.3 is 39.5 Å². The van der Waals surface area contributed by atoms with Crippen LogP contribution in [-0.2, 0) is 65.4 Å². The van der Waals surface area contributed by atoms with Crippen molar-refractivity contribution in [2.45, 2.75) is 503 Å². The molecule has 0 spiro atoms. The second-order valence-electron chi connectivity index (χ2n) is 33.1. The molecule has 0 aromatic carbocycles. The number of carbonyl (C=O) groups excluding carboxylic acids is 4. The highest BCUT2D eigenvalue weighted by Crippen LogP contribution is 2.45. The predicted octanol–water partition coefficient (Wildman–Crippen LogP) is 27.8. The number of esters is 4. The molecule has 6 atom stereocenters. The summed E-state index contributed by atoms with van der Waals surface area (Å²) in [4.78, 5) is 73.4. The Morgan fingerprint density at radius 2 is 0.468 bits per heavy atom. The molecule has 648 valence electrons. The summed E-state index contributed by atoms with van der Waals surface area (Å²) < 4.78 is 69.1. The molecule has 0 saturated carbocycles. The zero-order valence-electron chi connectivity index (χ0n) is 71.9. The zero-order valence-corrected chi connectivity index (χ0v) is 73.7. The summed E-state index contributed by atoms with van der Waals surface area (Å²) in [5, 5.41) is 10.7. The van der Waals surface area contributed by atoms with E-state index in [4.69, 9.17) is 37.0 Å². The van der Waals surface area contributed by atoms with E-state index in [0.717, 1.165) is 102 Å². The first-order chi connectivity index (χ1) is 52.9. The molecule has 3 unspecified atom stereocenters. The Balaban J connectivity index is 5.25. The average Bonchev–Trinajstić information content (AvgIpc) is 2.40. The van der Waals surface area contributed by atoms with Gasteiger partial charge in [-0.2, -0.15) is 0 Å². The Hall–Kier alpha value is -1.94.